The summed E-state index contributed by atoms with van der Waals surface area (Å²) >= 11 is 7.60. The topological polar surface area (TPSA) is 36.4 Å². The highest BCUT2D eigenvalue weighted by atomic mass is 79.9. The second-order valence-corrected chi connectivity index (χ2v) is 13.4. The summed E-state index contributed by atoms with van der Waals surface area (Å²) in [4.78, 5) is 23.1. The first kappa shape index (κ1) is 28.0. The molecule has 0 bridgehead atoms. The van der Waals surface area contributed by atoms with Crippen molar-refractivity contribution in [1.29, 1.82) is 0 Å². The van der Waals surface area contributed by atoms with E-state index in [4.69, 9.17) is 4.98 Å². The van der Waals surface area contributed by atoms with E-state index < -0.39 is 0 Å². The molecule has 3 fully saturated rings. The van der Waals surface area contributed by atoms with Gasteiger partial charge in [0.1, 0.15) is 0 Å². The maximum absolute atomic E-state index is 13.2. The first-order chi connectivity index (χ1) is 18.5. The lowest BCUT2D eigenvalue weighted by Gasteiger charge is -2.38. The fraction of sp³-hybridized carbons (Fsp3) is 0.562. The van der Waals surface area contributed by atoms with Gasteiger partial charge in [-0.25, -0.2) is 0 Å². The van der Waals surface area contributed by atoms with Crippen LogP contribution in [0.25, 0.3) is 0 Å². The van der Waals surface area contributed by atoms with Gasteiger partial charge < -0.3 is 9.80 Å². The van der Waals surface area contributed by atoms with Gasteiger partial charge >= 0.3 is 0 Å². The molecular weight excluding hydrogens is 602 g/mol. The van der Waals surface area contributed by atoms with Crippen molar-refractivity contribution in [1.82, 2.24) is 14.8 Å². The Hall–Kier alpha value is -1.50. The Labute approximate surface area is 245 Å². The molecule has 3 heterocycles. The summed E-state index contributed by atoms with van der Waals surface area (Å²) in [5.41, 5.74) is 6.81. The van der Waals surface area contributed by atoms with Crippen molar-refractivity contribution < 1.29 is 4.79 Å². The van der Waals surface area contributed by atoms with Crippen LogP contribution in [-0.2, 0) is 17.6 Å². The normalized spacial score (nSPS) is 22.6. The molecule has 6 heteroatoms. The van der Waals surface area contributed by atoms with Crippen LogP contribution in [0.1, 0.15) is 78.8 Å². The zero-order chi connectivity index (χ0) is 26.8. The first-order valence-electron chi connectivity index (χ1n) is 14.4. The molecule has 1 amide bonds. The van der Waals surface area contributed by atoms with E-state index in [1.165, 1.54) is 71.2 Å². The van der Waals surface area contributed by atoms with Crippen molar-refractivity contribution in [2.24, 2.45) is 11.8 Å². The number of hydrogen-bond donors (Lipinski definition) is 0. The standard InChI is InChI=1S/C30H37Br2N3O.C2H4/c1-19-14-22-2-3-23-17-24(31)18-33-30(23)29(28(22)26(32)15-19)21-8-12-35(13-9-21)27(36)16-20-6-10-34(11-7-20)25-4-5-25;1-2/h14-15,17-18,20-21,25,29H,2-13,16H2,1H3;1-2H2. The minimum Gasteiger partial charge on any atom is -0.343 e. The van der Waals surface area contributed by atoms with Gasteiger partial charge in [0.25, 0.3) is 0 Å². The number of fused-ring (bicyclic) bond motifs is 2. The van der Waals surface area contributed by atoms with Crippen LogP contribution in [0, 0.1) is 18.8 Å². The third-order valence-electron chi connectivity index (χ3n) is 9.14. The van der Waals surface area contributed by atoms with Crippen molar-refractivity contribution in [3.05, 3.63) is 74.4 Å². The summed E-state index contributed by atoms with van der Waals surface area (Å²) in [7, 11) is 0. The number of hydrogen-bond acceptors (Lipinski definition) is 3. The molecule has 1 aromatic carbocycles. The Morgan fingerprint density at radius 2 is 1.63 bits per heavy atom. The zero-order valence-electron chi connectivity index (χ0n) is 22.7. The number of nitrogens with zero attached hydrogens (tertiary/aromatic N) is 3. The Balaban J connectivity index is 0.00000144. The lowest BCUT2D eigenvalue weighted by Crippen LogP contribution is -2.42. The Kier molecular flexibility index (Phi) is 9.11. The molecule has 204 valence electrons. The highest BCUT2D eigenvalue weighted by molar-refractivity contribution is 9.10. The van der Waals surface area contributed by atoms with Crippen LogP contribution < -0.4 is 0 Å². The highest BCUT2D eigenvalue weighted by Crippen LogP contribution is 2.46. The van der Waals surface area contributed by atoms with E-state index in [0.717, 1.165) is 55.7 Å². The van der Waals surface area contributed by atoms with Crippen LogP contribution in [0.4, 0.5) is 0 Å². The highest BCUT2D eigenvalue weighted by Gasteiger charge is 2.37. The number of rotatable bonds is 4. The number of carbonyl (C=O) groups is 1. The summed E-state index contributed by atoms with van der Waals surface area (Å²) in [5, 5.41) is 0. The smallest absolute Gasteiger partial charge is 0.222 e. The minimum atomic E-state index is 0.282. The van der Waals surface area contributed by atoms with Gasteiger partial charge in [-0.05, 0) is 134 Å². The van der Waals surface area contributed by atoms with Gasteiger partial charge in [-0.2, -0.15) is 0 Å². The molecule has 2 aliphatic heterocycles. The predicted octanol–water partition coefficient (Wildman–Crippen LogP) is 7.45. The molecule has 2 saturated heterocycles. The molecule has 0 N–H and O–H groups in total. The van der Waals surface area contributed by atoms with E-state index in [-0.39, 0.29) is 5.92 Å². The van der Waals surface area contributed by atoms with E-state index in [9.17, 15) is 4.79 Å². The number of piperidine rings is 2. The lowest BCUT2D eigenvalue weighted by atomic mass is 9.76. The average molecular weight is 644 g/mol. The van der Waals surface area contributed by atoms with Crippen LogP contribution in [0.15, 0.2) is 46.5 Å². The largest absolute Gasteiger partial charge is 0.343 e. The number of pyridine rings is 1. The second-order valence-electron chi connectivity index (χ2n) is 11.6. The Morgan fingerprint density at radius 3 is 2.32 bits per heavy atom. The monoisotopic (exact) mass is 641 g/mol. The molecule has 1 atom stereocenters. The molecule has 0 radical (unpaired) electrons. The molecular formula is C32H41Br2N3O. The fourth-order valence-electron chi connectivity index (χ4n) is 7.04. The maximum atomic E-state index is 13.2. The second kappa shape index (κ2) is 12.3. The average Bonchev–Trinajstić information content (AvgIpc) is 3.78. The van der Waals surface area contributed by atoms with Gasteiger partial charge in [0.2, 0.25) is 5.91 Å². The van der Waals surface area contributed by atoms with Crippen molar-refractivity contribution >= 4 is 37.8 Å². The maximum Gasteiger partial charge on any atom is 0.222 e. The van der Waals surface area contributed by atoms with E-state index in [0.29, 0.717) is 17.7 Å². The summed E-state index contributed by atoms with van der Waals surface area (Å²) in [6, 6.07) is 7.78. The predicted molar refractivity (Wildman–Crippen MR) is 163 cm³/mol. The van der Waals surface area contributed by atoms with Crippen molar-refractivity contribution in [3.8, 4) is 0 Å². The van der Waals surface area contributed by atoms with E-state index >= 15 is 0 Å². The van der Waals surface area contributed by atoms with Crippen LogP contribution in [0.5, 0.6) is 0 Å². The van der Waals surface area contributed by atoms with Crippen LogP contribution >= 0.6 is 31.9 Å². The van der Waals surface area contributed by atoms with Crippen molar-refractivity contribution in [3.63, 3.8) is 0 Å². The molecule has 1 saturated carbocycles. The minimum absolute atomic E-state index is 0.282. The van der Waals surface area contributed by atoms with Gasteiger partial charge in [0.15, 0.2) is 0 Å². The van der Waals surface area contributed by atoms with Crippen molar-refractivity contribution in [2.75, 3.05) is 26.2 Å². The van der Waals surface area contributed by atoms with E-state index in [2.05, 4.69) is 79.9 Å². The molecule has 4 nitrogen and oxygen atoms in total. The van der Waals surface area contributed by atoms with Crippen molar-refractivity contribution in [2.45, 2.75) is 76.7 Å². The number of halogens is 2. The summed E-state index contributed by atoms with van der Waals surface area (Å²) in [6.07, 6.45) is 12.1. The van der Waals surface area contributed by atoms with Gasteiger partial charge in [0.05, 0.1) is 5.69 Å². The number of benzene rings is 1. The number of likely N-dealkylation sites (tertiary alicyclic amines) is 2. The van der Waals surface area contributed by atoms with Gasteiger partial charge in [-0.1, -0.05) is 22.0 Å². The first-order valence-corrected chi connectivity index (χ1v) is 16.0. The summed E-state index contributed by atoms with van der Waals surface area (Å²) < 4.78 is 2.28. The number of amides is 1. The zero-order valence-corrected chi connectivity index (χ0v) is 25.9. The molecule has 6 rings (SSSR count). The van der Waals surface area contributed by atoms with Crippen LogP contribution in [0.2, 0.25) is 0 Å². The molecule has 38 heavy (non-hydrogen) atoms. The van der Waals surface area contributed by atoms with E-state index in [1.54, 1.807) is 0 Å². The van der Waals surface area contributed by atoms with E-state index in [1.807, 2.05) is 6.20 Å². The molecule has 1 aromatic heterocycles. The van der Waals surface area contributed by atoms with Crippen LogP contribution in [-0.4, -0.2) is 52.9 Å². The third kappa shape index (κ3) is 6.13. The van der Waals surface area contributed by atoms with Gasteiger partial charge in [-0.15, -0.1) is 13.2 Å². The quantitative estimate of drug-likeness (QED) is 0.325. The van der Waals surface area contributed by atoms with Gasteiger partial charge in [0, 0.05) is 46.6 Å². The van der Waals surface area contributed by atoms with Crippen LogP contribution in [0.3, 0.4) is 0 Å². The Morgan fingerprint density at radius 1 is 0.947 bits per heavy atom. The summed E-state index contributed by atoms with van der Waals surface area (Å²) in [5.74, 6) is 1.75. The molecule has 1 unspecified atom stereocenters. The molecule has 2 aliphatic carbocycles. The summed E-state index contributed by atoms with van der Waals surface area (Å²) in [6.45, 7) is 12.3. The Bertz CT molecular complexity index is 1150. The number of aryl methyl sites for hydroxylation is 3. The lowest BCUT2D eigenvalue weighted by molar-refractivity contribution is -0.134. The fourth-order valence-corrected chi connectivity index (χ4v) is 8.28. The molecule has 0 spiro atoms. The SMILES string of the molecule is C=C.Cc1cc(Br)c2c(c1)CCc1cc(Br)cnc1C2C1CCN(C(=O)CC2CCN(C3CC3)CC2)CC1. The third-order valence-corrected chi connectivity index (χ3v) is 10.2. The number of aromatic nitrogens is 1. The molecule has 2 aromatic rings. The number of carbonyl (C=O) groups excluding carboxylic acids is 1. The molecule has 4 aliphatic rings. The van der Waals surface area contributed by atoms with Gasteiger partial charge in [-0.3, -0.25) is 9.78 Å².